The van der Waals surface area contributed by atoms with Gasteiger partial charge in [-0.3, -0.25) is 14.4 Å². The van der Waals surface area contributed by atoms with E-state index in [0.717, 1.165) is 61.2 Å². The Labute approximate surface area is 494 Å². The van der Waals surface area contributed by atoms with Gasteiger partial charge in [0.05, 0.1) is 22.7 Å². The normalized spacial score (nSPS) is 13.3. The fourth-order valence-electron chi connectivity index (χ4n) is 10.1. The van der Waals surface area contributed by atoms with Crippen LogP contribution in [0.1, 0.15) is 120 Å². The molecule has 2 aliphatic carbocycles. The Bertz CT molecular complexity index is 3070. The van der Waals surface area contributed by atoms with Crippen LogP contribution in [-0.4, -0.2) is 78.0 Å². The highest BCUT2D eigenvalue weighted by atomic mass is 32.2. The van der Waals surface area contributed by atoms with Gasteiger partial charge >= 0.3 is 18.2 Å². The fraction of sp³-hybridized carbons (Fsp3) is 0.294. The lowest BCUT2D eigenvalue weighted by Crippen LogP contribution is -2.43. The number of alkyl carbamates (subject to hydrolysis) is 2. The van der Waals surface area contributed by atoms with Crippen molar-refractivity contribution in [2.24, 2.45) is 23.1 Å². The number of aliphatic carboxylic acids is 1. The number of hydrogen-bond donors (Lipinski definition) is 6. The molecule has 83 heavy (non-hydrogen) atoms. The molecular weight excluding hydrogens is 1060 g/mol. The van der Waals surface area contributed by atoms with Crippen molar-refractivity contribution in [3.05, 3.63) is 227 Å². The van der Waals surface area contributed by atoms with Crippen LogP contribution in [0.15, 0.2) is 188 Å². The zero-order chi connectivity index (χ0) is 59.9. The van der Waals surface area contributed by atoms with Crippen LogP contribution in [0.4, 0.5) is 9.59 Å². The molecule has 9 rings (SSSR count). The average molecular weight is 1140 g/mol. The molecule has 7 aromatic carbocycles. The summed E-state index contributed by atoms with van der Waals surface area (Å²) in [4.78, 5) is 72.5. The molecule has 0 bridgehead atoms. The van der Waals surface area contributed by atoms with E-state index in [-0.39, 0.29) is 44.7 Å². The van der Waals surface area contributed by atoms with Gasteiger partial charge in [-0.05, 0) is 80.5 Å². The fourth-order valence-corrected chi connectivity index (χ4v) is 11.8. The van der Waals surface area contributed by atoms with Gasteiger partial charge in [0.25, 0.3) is 0 Å². The van der Waals surface area contributed by atoms with Gasteiger partial charge in [-0.25, -0.2) is 14.4 Å². The number of carbonyl (C=O) groups excluding carboxylic acids is 5. The number of nitrogens with one attached hydrogen (secondary N) is 2. The molecule has 0 heterocycles. The molecule has 15 heteroatoms. The number of primary amides is 2. The minimum atomic E-state index is -1.06. The first-order chi connectivity index (χ1) is 40.1. The van der Waals surface area contributed by atoms with Crippen LogP contribution in [0.2, 0.25) is 0 Å². The summed E-state index contributed by atoms with van der Waals surface area (Å²) in [5.74, 6) is -2.90. The van der Waals surface area contributed by atoms with E-state index in [1.807, 2.05) is 129 Å². The molecule has 0 spiro atoms. The summed E-state index contributed by atoms with van der Waals surface area (Å²) in [6, 6.07) is 60.7. The Kier molecular flexibility index (Phi) is 24.7. The van der Waals surface area contributed by atoms with Gasteiger partial charge in [-0.1, -0.05) is 230 Å². The Morgan fingerprint density at radius 1 is 0.542 bits per heavy atom. The third kappa shape index (κ3) is 16.4. The number of ketones is 1. The van der Waals surface area contributed by atoms with Crippen LogP contribution in [0.25, 0.3) is 22.3 Å². The molecule has 2 aliphatic rings. The van der Waals surface area contributed by atoms with Gasteiger partial charge in [0.1, 0.15) is 19.3 Å². The summed E-state index contributed by atoms with van der Waals surface area (Å²) < 4.78 is 16.6. The highest BCUT2D eigenvalue weighted by molar-refractivity contribution is 8.00. The number of fused-ring (bicyclic) bond motifs is 6. The summed E-state index contributed by atoms with van der Waals surface area (Å²) in [5, 5.41) is 14.1. The van der Waals surface area contributed by atoms with E-state index >= 15 is 0 Å². The van der Waals surface area contributed by atoms with E-state index in [2.05, 4.69) is 83.4 Å². The van der Waals surface area contributed by atoms with Crippen molar-refractivity contribution in [2.75, 3.05) is 19.0 Å². The van der Waals surface area contributed by atoms with E-state index < -0.39 is 58.8 Å². The van der Waals surface area contributed by atoms with Crippen LogP contribution < -0.4 is 27.8 Å². The van der Waals surface area contributed by atoms with Crippen molar-refractivity contribution < 1.29 is 44.7 Å². The number of benzene rings is 7. The minimum Gasteiger partial charge on any atom is -0.480 e. The second-order valence-corrected chi connectivity index (χ2v) is 20.7. The maximum atomic E-state index is 13.7. The zero-order valence-electron chi connectivity index (χ0n) is 47.9. The van der Waals surface area contributed by atoms with Crippen LogP contribution in [0, 0.1) is 5.92 Å². The summed E-state index contributed by atoms with van der Waals surface area (Å²) in [6.45, 7) is 7.95. The summed E-state index contributed by atoms with van der Waals surface area (Å²) in [5.41, 5.74) is 28.1. The summed E-state index contributed by atoms with van der Waals surface area (Å²) in [7, 11) is 0. The highest BCUT2D eigenvalue weighted by Gasteiger charge is 2.39. The molecule has 4 amide bonds. The number of carbonyl (C=O) groups is 6. The second kappa shape index (κ2) is 32.2. The van der Waals surface area contributed by atoms with Crippen molar-refractivity contribution in [3.63, 3.8) is 0 Å². The third-order valence-electron chi connectivity index (χ3n) is 14.5. The molecule has 0 saturated carbocycles. The molecule has 0 aliphatic heterocycles. The highest BCUT2D eigenvalue weighted by Crippen LogP contribution is 2.50. The Balaban J connectivity index is 0.000000305. The molecule has 9 N–H and O–H groups in total. The van der Waals surface area contributed by atoms with E-state index in [9.17, 15) is 28.8 Å². The first-order valence-electron chi connectivity index (χ1n) is 28.3. The largest absolute Gasteiger partial charge is 0.480 e. The zero-order valence-corrected chi connectivity index (χ0v) is 47.7. The number of ether oxygens (including phenoxy) is 2. The molecule has 0 aromatic heterocycles. The third-order valence-corrected chi connectivity index (χ3v) is 16.2. The lowest BCUT2D eigenvalue weighted by Gasteiger charge is -2.36. The molecule has 436 valence electrons. The van der Waals surface area contributed by atoms with Crippen molar-refractivity contribution in [1.82, 2.24) is 10.6 Å². The van der Waals surface area contributed by atoms with Crippen LogP contribution in [0.5, 0.6) is 0 Å². The molecule has 0 unspecified atom stereocenters. The smallest absolute Gasteiger partial charge is 0.407 e. The number of hydrogen-bond acceptors (Lipinski definition) is 10. The van der Waals surface area contributed by atoms with Gasteiger partial charge in [-0.15, -0.1) is 11.8 Å². The van der Waals surface area contributed by atoms with Gasteiger partial charge in [0, 0.05) is 25.4 Å². The van der Waals surface area contributed by atoms with E-state index in [1.165, 1.54) is 0 Å². The number of thioether (sulfide) groups is 1. The molecule has 0 fully saturated rings. The number of nitrogens with two attached hydrogens (primary N) is 3. The van der Waals surface area contributed by atoms with Gasteiger partial charge in [0.15, 0.2) is 5.78 Å². The lowest BCUT2D eigenvalue weighted by molar-refractivity contribution is -0.139. The SMILES string of the molecule is C.CC[C@H](N)C(N)=O.CC[C@H](NC(=O)OCC1c2ccccc2-c2ccccc21)C(=O)C[C@@H](CSC(c1ccccc1)(c1ccccc1)c1ccccc1)C(N)=O.CC[C@H](NC(=O)OCC1c2ccccc2-c2ccccc21)C(=O)O.[2H]CC. The van der Waals surface area contributed by atoms with Crippen molar-refractivity contribution >= 4 is 47.5 Å². The standard InChI is InChI=1S/C42H40N2O4S.C19H19NO4.C4H10N2O.C2H6.CH4/c1-2-38(44-41(47)48-27-37-35-24-14-12-22-33(35)34-23-13-15-25-36(34)37)39(45)26-29(40(43)46)28-49-42(30-16-6-3-7-17-30,31-18-8-4-9-19-31)32-20-10-5-11-21-32;1-2-17(18(21)22)20-19(23)24-11-16-14-9-5-3-7-12(14)13-8-4-6-10-15(13)16;1-2-3(5)4(6)7;1-2;/h3-25,29,37-38H,2,26-28H2,1H3,(H2,43,46)(H,44,47);3-10,16-17H,2,11H2,1H3,(H,20,23)(H,21,22);3H,2,5H2,1H3,(H2,6,7);1-2H3;1H4/t29-,38-;17-;3-;;/m000../s1/i;;;1D;. The lowest BCUT2D eigenvalue weighted by atomic mass is 9.84. The van der Waals surface area contributed by atoms with E-state index in [1.54, 1.807) is 25.6 Å². The molecular formula is C68H79N5O9S. The Morgan fingerprint density at radius 2 is 0.867 bits per heavy atom. The number of carboxylic acid groups (broad SMARTS) is 1. The number of Topliss-reactive ketones (excluding diaryl/α,β-unsaturated/α-hetero) is 1. The maximum Gasteiger partial charge on any atom is 0.407 e. The van der Waals surface area contributed by atoms with Crippen molar-refractivity contribution in [2.45, 2.75) is 102 Å². The molecule has 0 radical (unpaired) electrons. The summed E-state index contributed by atoms with van der Waals surface area (Å²) in [6.07, 6.45) is -0.188. The summed E-state index contributed by atoms with van der Waals surface area (Å²) >= 11 is 1.59. The Hall–Kier alpha value is -8.53. The number of amides is 4. The predicted molar refractivity (Wildman–Crippen MR) is 332 cm³/mol. The quantitative estimate of drug-likeness (QED) is 0.0370. The maximum absolute atomic E-state index is 13.7. The van der Waals surface area contributed by atoms with Crippen LogP contribution in [0.3, 0.4) is 0 Å². The molecule has 7 aromatic rings. The minimum absolute atomic E-state index is 0. The van der Waals surface area contributed by atoms with Gasteiger partial charge < -0.3 is 42.4 Å². The van der Waals surface area contributed by atoms with Gasteiger partial charge in [0.2, 0.25) is 11.8 Å². The second-order valence-electron chi connectivity index (χ2n) is 19.5. The van der Waals surface area contributed by atoms with Gasteiger partial charge in [-0.2, -0.15) is 0 Å². The average Bonchev–Trinajstić information content (AvgIpc) is 1.85. The van der Waals surface area contributed by atoms with E-state index in [4.69, 9.17) is 33.2 Å². The van der Waals surface area contributed by atoms with Crippen LogP contribution in [-0.2, 0) is 33.4 Å². The first-order valence-corrected chi connectivity index (χ1v) is 28.5. The van der Waals surface area contributed by atoms with Crippen molar-refractivity contribution in [1.29, 1.82) is 0 Å². The number of carboxylic acids is 1. The molecule has 0 saturated heterocycles. The predicted octanol–water partition coefficient (Wildman–Crippen LogP) is 12.3. The van der Waals surface area contributed by atoms with E-state index in [0.29, 0.717) is 31.9 Å². The Morgan fingerprint density at radius 3 is 1.16 bits per heavy atom. The molecule has 14 nitrogen and oxygen atoms in total. The number of rotatable bonds is 21. The van der Waals surface area contributed by atoms with Crippen molar-refractivity contribution in [3.8, 4) is 22.3 Å². The van der Waals surface area contributed by atoms with Crippen LogP contribution >= 0.6 is 11.8 Å². The monoisotopic (exact) mass is 1140 g/mol. The first kappa shape index (κ1) is 63.6. The topological polar surface area (TPSA) is 243 Å². The molecule has 4 atom stereocenters.